The van der Waals surface area contributed by atoms with E-state index in [0.29, 0.717) is 0 Å². The molecule has 1 heteroatoms. The van der Waals surface area contributed by atoms with E-state index in [0.717, 1.165) is 21.0 Å². The van der Waals surface area contributed by atoms with Crippen LogP contribution < -0.4 is 0 Å². The topological polar surface area (TPSA) is 0 Å². The molecule has 0 spiro atoms. The molecule has 1 aliphatic rings. The lowest BCUT2D eigenvalue weighted by molar-refractivity contribution is 0.575. The molecule has 1 saturated carbocycles. The number of hydrogen-bond acceptors (Lipinski definition) is 0. The monoisotopic (exact) mass is 181 g/mol. The van der Waals surface area contributed by atoms with Crippen molar-refractivity contribution in [3.63, 3.8) is 0 Å². The third kappa shape index (κ3) is 3.66. The van der Waals surface area contributed by atoms with Crippen LogP contribution in [0.25, 0.3) is 0 Å². The Hall–Kier alpha value is 0.0869. The van der Waals surface area contributed by atoms with Gasteiger partial charge in [-0.15, -0.1) is 6.17 Å². The van der Waals surface area contributed by atoms with Gasteiger partial charge in [0.2, 0.25) is 0 Å². The molecule has 0 saturated heterocycles. The first-order valence-corrected chi connectivity index (χ1v) is 6.79. The summed E-state index contributed by atoms with van der Waals surface area (Å²) in [5.41, 5.74) is 0. The quantitative estimate of drug-likeness (QED) is 0.418. The zero-order valence-electron chi connectivity index (χ0n) is 8.31. The summed E-state index contributed by atoms with van der Waals surface area (Å²) in [4.78, 5) is 0. The van der Waals surface area contributed by atoms with Gasteiger partial charge in [-0.25, -0.2) is 0 Å². The van der Waals surface area contributed by atoms with E-state index < -0.39 is 0 Å². The predicted octanol–water partition coefficient (Wildman–Crippen LogP) is 3.15. The van der Waals surface area contributed by atoms with E-state index in [2.05, 4.69) is 13.1 Å². The Morgan fingerprint density at radius 1 is 1.25 bits per heavy atom. The van der Waals surface area contributed by atoms with Crippen molar-refractivity contribution >= 4 is 15.3 Å². The molecule has 1 aliphatic carbocycles. The molecule has 2 atom stereocenters. The van der Waals surface area contributed by atoms with Crippen LogP contribution in [-0.2, 0) is 0 Å². The summed E-state index contributed by atoms with van der Waals surface area (Å²) in [6.07, 6.45) is 12.7. The smallest absolute Gasteiger partial charge is 0.0111 e. The molecule has 1 fully saturated rings. The lowest BCUT2D eigenvalue weighted by Gasteiger charge is -1.97. The average molecular weight is 181 g/mol. The lowest BCUT2D eigenvalue weighted by atomic mass is 10.1. The Bertz CT molecular complexity index is 131. The van der Waals surface area contributed by atoms with Gasteiger partial charge in [-0.3, -0.25) is 0 Å². The standard InChI is InChI=1S/C11H21Si/c1-3-4-5-6-10-9-11(10)7-8-12-2/h10-11H,2-9H2,1H3/t10-,11-/m1/s1. The summed E-state index contributed by atoms with van der Waals surface area (Å²) in [5.74, 6) is 2.23. The molecule has 0 aliphatic heterocycles. The Labute approximate surface area is 79.2 Å². The fourth-order valence-corrected chi connectivity index (χ4v) is 2.54. The van der Waals surface area contributed by atoms with Crippen molar-refractivity contribution < 1.29 is 0 Å². The van der Waals surface area contributed by atoms with Crippen LogP contribution in [0, 0.1) is 11.8 Å². The van der Waals surface area contributed by atoms with Gasteiger partial charge in [0.05, 0.1) is 0 Å². The first kappa shape index (κ1) is 10.2. The van der Waals surface area contributed by atoms with Crippen LogP contribution in [0.3, 0.4) is 0 Å². The Morgan fingerprint density at radius 3 is 2.67 bits per heavy atom. The zero-order valence-corrected chi connectivity index (χ0v) is 9.31. The van der Waals surface area contributed by atoms with Gasteiger partial charge in [0.25, 0.3) is 0 Å². The minimum atomic E-state index is 0.933. The number of rotatable bonds is 7. The molecule has 12 heavy (non-hydrogen) atoms. The summed E-state index contributed by atoms with van der Waals surface area (Å²) >= 11 is 0. The van der Waals surface area contributed by atoms with Crippen LogP contribution >= 0.6 is 0 Å². The summed E-state index contributed by atoms with van der Waals surface area (Å²) in [6, 6.07) is 1.38. The van der Waals surface area contributed by atoms with Crippen molar-refractivity contribution in [2.24, 2.45) is 11.8 Å². The van der Waals surface area contributed by atoms with Crippen molar-refractivity contribution in [1.82, 2.24) is 0 Å². The highest BCUT2D eigenvalue weighted by Crippen LogP contribution is 2.45. The second kappa shape index (κ2) is 5.68. The maximum absolute atomic E-state index is 3.91. The molecule has 0 amide bonds. The Kier molecular flexibility index (Phi) is 4.82. The second-order valence-corrected chi connectivity index (χ2v) is 5.04. The Balaban J connectivity index is 1.89. The van der Waals surface area contributed by atoms with Crippen molar-refractivity contribution in [1.29, 1.82) is 0 Å². The highest BCUT2D eigenvalue weighted by Gasteiger charge is 2.34. The van der Waals surface area contributed by atoms with Crippen LogP contribution in [0.1, 0.15) is 45.4 Å². The highest BCUT2D eigenvalue weighted by atomic mass is 28.2. The molecule has 0 bridgehead atoms. The number of hydrogen-bond donors (Lipinski definition) is 0. The maximum Gasteiger partial charge on any atom is 0.0111 e. The molecule has 0 aromatic carbocycles. The van der Waals surface area contributed by atoms with Crippen molar-refractivity contribution in [3.05, 3.63) is 0 Å². The van der Waals surface area contributed by atoms with E-state index in [4.69, 9.17) is 0 Å². The SMILES string of the molecule is C=[Si]CC[C@@H]1C[C@H]1CCCCC. The molecule has 1 rings (SSSR count). The fraction of sp³-hybridized carbons (Fsp3) is 0.909. The van der Waals surface area contributed by atoms with E-state index in [1.165, 1.54) is 44.6 Å². The van der Waals surface area contributed by atoms with Crippen molar-refractivity contribution in [2.45, 2.75) is 51.5 Å². The maximum atomic E-state index is 3.91. The minimum absolute atomic E-state index is 0.933. The van der Waals surface area contributed by atoms with E-state index in [1.54, 1.807) is 0 Å². The molecule has 0 heterocycles. The van der Waals surface area contributed by atoms with E-state index in [-0.39, 0.29) is 0 Å². The van der Waals surface area contributed by atoms with Gasteiger partial charge >= 0.3 is 0 Å². The predicted molar refractivity (Wildman–Crippen MR) is 58.0 cm³/mol. The lowest BCUT2D eigenvalue weighted by Crippen LogP contribution is -1.85. The van der Waals surface area contributed by atoms with Crippen LogP contribution in [-0.4, -0.2) is 15.3 Å². The zero-order chi connectivity index (χ0) is 8.81. The molecule has 69 valence electrons. The van der Waals surface area contributed by atoms with Gasteiger partial charge in [0, 0.05) is 9.13 Å². The van der Waals surface area contributed by atoms with Crippen LogP contribution in [0.2, 0.25) is 6.04 Å². The number of unbranched alkanes of at least 4 members (excludes halogenated alkanes) is 2. The molecular formula is C11H21Si. The van der Waals surface area contributed by atoms with E-state index in [9.17, 15) is 0 Å². The summed E-state index contributed by atoms with van der Waals surface area (Å²) in [7, 11) is 0.933. The summed E-state index contributed by atoms with van der Waals surface area (Å²) in [5, 5.41) is 0. The molecule has 0 unspecified atom stereocenters. The minimum Gasteiger partial charge on any atom is -0.118 e. The summed E-state index contributed by atoms with van der Waals surface area (Å²) in [6.45, 7) is 2.29. The van der Waals surface area contributed by atoms with Gasteiger partial charge in [-0.2, -0.15) is 0 Å². The van der Waals surface area contributed by atoms with Gasteiger partial charge in [0.1, 0.15) is 0 Å². The molecule has 0 aromatic rings. The van der Waals surface area contributed by atoms with Gasteiger partial charge in [-0.05, 0) is 30.7 Å². The Morgan fingerprint density at radius 2 is 2.00 bits per heavy atom. The van der Waals surface area contributed by atoms with E-state index in [1.807, 2.05) is 0 Å². The van der Waals surface area contributed by atoms with Crippen molar-refractivity contribution in [3.8, 4) is 0 Å². The third-order valence-corrected chi connectivity index (χ3v) is 3.58. The first-order chi connectivity index (χ1) is 5.88. The van der Waals surface area contributed by atoms with Crippen molar-refractivity contribution in [2.75, 3.05) is 0 Å². The third-order valence-electron chi connectivity index (χ3n) is 2.94. The summed E-state index contributed by atoms with van der Waals surface area (Å²) < 4.78 is 0. The van der Waals surface area contributed by atoms with Gasteiger partial charge in [-0.1, -0.05) is 32.6 Å². The molecule has 0 N–H and O–H groups in total. The van der Waals surface area contributed by atoms with E-state index >= 15 is 0 Å². The van der Waals surface area contributed by atoms with Gasteiger partial charge < -0.3 is 0 Å². The van der Waals surface area contributed by atoms with Crippen LogP contribution in [0.5, 0.6) is 0 Å². The molecule has 0 aromatic heterocycles. The molecule has 1 radical (unpaired) electrons. The largest absolute Gasteiger partial charge is 0.118 e. The first-order valence-electron chi connectivity index (χ1n) is 5.38. The second-order valence-electron chi connectivity index (χ2n) is 4.04. The normalized spacial score (nSPS) is 27.1. The van der Waals surface area contributed by atoms with Crippen LogP contribution in [0.4, 0.5) is 0 Å². The fourth-order valence-electron chi connectivity index (χ4n) is 1.96. The average Bonchev–Trinajstić information content (AvgIpc) is 2.81. The van der Waals surface area contributed by atoms with Crippen LogP contribution in [0.15, 0.2) is 0 Å². The molecule has 0 nitrogen and oxygen atoms in total. The highest BCUT2D eigenvalue weighted by molar-refractivity contribution is 6.40. The molecular weight excluding hydrogens is 160 g/mol. The van der Waals surface area contributed by atoms with Gasteiger partial charge in [0.15, 0.2) is 0 Å².